The fourth-order valence-electron chi connectivity index (χ4n) is 6.63. The van der Waals surface area contributed by atoms with Crippen molar-refractivity contribution in [3.05, 3.63) is 120 Å². The van der Waals surface area contributed by atoms with E-state index >= 15 is 0 Å². The molecule has 0 aliphatic carbocycles. The Labute approximate surface area is 236 Å². The summed E-state index contributed by atoms with van der Waals surface area (Å²) in [6, 6.07) is 37.0. The number of rotatable bonds is 5. The monoisotopic (exact) mass is 533 g/mol. The first-order valence-electron chi connectivity index (χ1n) is 14.2. The highest BCUT2D eigenvalue weighted by molar-refractivity contribution is 6.26. The molecule has 1 aliphatic rings. The Bertz CT molecular complexity index is 1940. The summed E-state index contributed by atoms with van der Waals surface area (Å²) in [5.41, 5.74) is 6.44. The van der Waals surface area contributed by atoms with Gasteiger partial charge in [0, 0.05) is 28.1 Å². The van der Waals surface area contributed by atoms with Crippen LogP contribution < -0.4 is 0 Å². The molecule has 0 saturated heterocycles. The fourth-order valence-corrected chi connectivity index (χ4v) is 6.63. The van der Waals surface area contributed by atoms with Gasteiger partial charge in [0.2, 0.25) is 0 Å². The Morgan fingerprint density at radius 2 is 0.829 bits per heavy atom. The van der Waals surface area contributed by atoms with Crippen LogP contribution in [0.4, 0.5) is 0 Å². The van der Waals surface area contributed by atoms with Crippen LogP contribution in [-0.2, 0) is 0 Å². The maximum Gasteiger partial charge on any atom is 0.263 e. The molecule has 0 radical (unpaired) electrons. The van der Waals surface area contributed by atoms with Crippen molar-refractivity contribution >= 4 is 55.4 Å². The van der Waals surface area contributed by atoms with Crippen molar-refractivity contribution in [1.82, 2.24) is 14.0 Å². The van der Waals surface area contributed by atoms with Crippen molar-refractivity contribution in [1.29, 1.82) is 0 Å². The van der Waals surface area contributed by atoms with Gasteiger partial charge in [0.15, 0.2) is 0 Å². The van der Waals surface area contributed by atoms with Crippen LogP contribution in [0.3, 0.4) is 0 Å². The van der Waals surface area contributed by atoms with Gasteiger partial charge in [0.05, 0.1) is 44.6 Å². The van der Waals surface area contributed by atoms with Crippen LogP contribution in [0.2, 0.25) is 0 Å². The molecule has 2 amide bonds. The number of hydrogen-bond donors (Lipinski definition) is 0. The molecule has 41 heavy (non-hydrogen) atoms. The number of nitrogens with zero attached hydrogens (tertiary/aromatic N) is 3. The van der Waals surface area contributed by atoms with Gasteiger partial charge in [-0.05, 0) is 42.8 Å². The van der Waals surface area contributed by atoms with E-state index in [2.05, 4.69) is 64.6 Å². The zero-order valence-corrected chi connectivity index (χ0v) is 22.7. The van der Waals surface area contributed by atoms with Crippen molar-refractivity contribution in [2.75, 3.05) is 6.54 Å². The predicted octanol–water partition coefficient (Wildman–Crippen LogP) is 8.28. The van der Waals surface area contributed by atoms with E-state index in [1.807, 2.05) is 60.7 Å². The molecule has 0 atom stereocenters. The zero-order valence-electron chi connectivity index (χ0n) is 22.7. The molecule has 0 bridgehead atoms. The van der Waals surface area contributed by atoms with Crippen molar-refractivity contribution in [2.24, 2.45) is 0 Å². The van der Waals surface area contributed by atoms with Crippen LogP contribution in [0.5, 0.6) is 0 Å². The highest BCUT2D eigenvalue weighted by atomic mass is 16.2. The number of unbranched alkanes of at least 4 members (excludes halogenated alkanes) is 1. The SMILES string of the molecule is CCCCN1C(=O)c2c(-n3c4ccccc4c4ccccc43)ccc(-n3c4ccccc4c4ccccc43)c2C1=O. The highest BCUT2D eigenvalue weighted by Crippen LogP contribution is 2.41. The first kappa shape index (κ1) is 23.7. The van der Waals surface area contributed by atoms with Gasteiger partial charge in [-0.3, -0.25) is 14.5 Å². The van der Waals surface area contributed by atoms with E-state index in [-0.39, 0.29) is 11.8 Å². The molecule has 3 heterocycles. The van der Waals surface area contributed by atoms with Gasteiger partial charge in [-0.2, -0.15) is 0 Å². The zero-order chi connectivity index (χ0) is 27.7. The summed E-state index contributed by atoms with van der Waals surface area (Å²) in [6.07, 6.45) is 1.66. The second kappa shape index (κ2) is 8.93. The summed E-state index contributed by atoms with van der Waals surface area (Å²) >= 11 is 0. The Morgan fingerprint density at radius 3 is 1.17 bits per heavy atom. The number of fused-ring (bicyclic) bond motifs is 7. The van der Waals surface area contributed by atoms with Gasteiger partial charge >= 0.3 is 0 Å². The molecule has 198 valence electrons. The van der Waals surface area contributed by atoms with Gasteiger partial charge in [0.25, 0.3) is 11.8 Å². The number of hydrogen-bond acceptors (Lipinski definition) is 2. The summed E-state index contributed by atoms with van der Waals surface area (Å²) < 4.78 is 4.29. The van der Waals surface area contributed by atoms with E-state index < -0.39 is 0 Å². The summed E-state index contributed by atoms with van der Waals surface area (Å²) in [5.74, 6) is -0.448. The minimum atomic E-state index is -0.224. The molecule has 0 N–H and O–H groups in total. The number of carbonyl (C=O) groups is 2. The maximum atomic E-state index is 14.2. The third-order valence-corrected chi connectivity index (χ3v) is 8.46. The molecule has 1 aliphatic heterocycles. The van der Waals surface area contributed by atoms with E-state index in [9.17, 15) is 9.59 Å². The molecule has 5 nitrogen and oxygen atoms in total. The van der Waals surface area contributed by atoms with Crippen LogP contribution >= 0.6 is 0 Å². The van der Waals surface area contributed by atoms with Crippen LogP contribution in [0.25, 0.3) is 55.0 Å². The van der Waals surface area contributed by atoms with Gasteiger partial charge < -0.3 is 9.13 Å². The Kier molecular flexibility index (Phi) is 5.16. The van der Waals surface area contributed by atoms with Crippen molar-refractivity contribution in [2.45, 2.75) is 19.8 Å². The molecule has 8 rings (SSSR count). The minimum Gasteiger partial charge on any atom is -0.308 e. The van der Waals surface area contributed by atoms with Crippen LogP contribution in [-0.4, -0.2) is 32.4 Å². The summed E-state index contributed by atoms with van der Waals surface area (Å²) in [4.78, 5) is 29.9. The van der Waals surface area contributed by atoms with E-state index in [0.717, 1.165) is 67.8 Å². The van der Waals surface area contributed by atoms with E-state index in [4.69, 9.17) is 0 Å². The van der Waals surface area contributed by atoms with Gasteiger partial charge in [-0.25, -0.2) is 0 Å². The highest BCUT2D eigenvalue weighted by Gasteiger charge is 2.41. The third kappa shape index (κ3) is 3.23. The standard InChI is InChI=1S/C36H27N3O2/c1-2-3-22-37-35(40)33-31(38-27-16-8-4-12-23(27)24-13-5-9-17-28(24)38)20-21-32(34(33)36(37)41)39-29-18-10-6-14-25(29)26-15-7-11-19-30(26)39/h4-21H,2-3,22H2,1H3. The number of aromatic nitrogens is 2. The van der Waals surface area contributed by atoms with Crippen LogP contribution in [0.15, 0.2) is 109 Å². The number of imide groups is 1. The van der Waals surface area contributed by atoms with E-state index in [0.29, 0.717) is 17.7 Å². The lowest BCUT2D eigenvalue weighted by molar-refractivity contribution is 0.0652. The largest absolute Gasteiger partial charge is 0.308 e. The molecule has 7 aromatic rings. The molecule has 0 fully saturated rings. The fraction of sp³-hybridized carbons (Fsp3) is 0.111. The molecule has 0 unspecified atom stereocenters. The van der Waals surface area contributed by atoms with E-state index in [1.165, 1.54) is 4.90 Å². The molecule has 0 saturated carbocycles. The predicted molar refractivity (Wildman–Crippen MR) is 165 cm³/mol. The Morgan fingerprint density at radius 1 is 0.488 bits per heavy atom. The lowest BCUT2D eigenvalue weighted by atomic mass is 10.0. The molecule has 2 aromatic heterocycles. The van der Waals surface area contributed by atoms with Crippen LogP contribution in [0, 0.1) is 0 Å². The average molecular weight is 534 g/mol. The smallest absolute Gasteiger partial charge is 0.263 e. The number of para-hydroxylation sites is 4. The maximum absolute atomic E-state index is 14.2. The van der Waals surface area contributed by atoms with Gasteiger partial charge in [-0.15, -0.1) is 0 Å². The molecule has 5 aromatic carbocycles. The number of benzene rings is 5. The first-order valence-corrected chi connectivity index (χ1v) is 14.2. The minimum absolute atomic E-state index is 0.224. The lowest BCUT2D eigenvalue weighted by Gasteiger charge is -2.16. The molecule has 0 spiro atoms. The molecular formula is C36H27N3O2. The lowest BCUT2D eigenvalue weighted by Crippen LogP contribution is -2.31. The van der Waals surface area contributed by atoms with Crippen molar-refractivity contribution in [3.63, 3.8) is 0 Å². The number of amides is 2. The Hall–Kier alpha value is -5.16. The Balaban J connectivity index is 1.49. The van der Waals surface area contributed by atoms with Crippen molar-refractivity contribution in [3.8, 4) is 11.4 Å². The summed E-state index contributed by atoms with van der Waals surface area (Å²) in [7, 11) is 0. The quantitative estimate of drug-likeness (QED) is 0.209. The summed E-state index contributed by atoms with van der Waals surface area (Å²) in [6.45, 7) is 2.48. The van der Waals surface area contributed by atoms with Gasteiger partial charge in [-0.1, -0.05) is 86.1 Å². The van der Waals surface area contributed by atoms with E-state index in [1.54, 1.807) is 0 Å². The summed E-state index contributed by atoms with van der Waals surface area (Å²) in [5, 5.41) is 4.46. The van der Waals surface area contributed by atoms with Crippen molar-refractivity contribution < 1.29 is 9.59 Å². The molecule has 5 heteroatoms. The topological polar surface area (TPSA) is 47.2 Å². The second-order valence-corrected chi connectivity index (χ2v) is 10.7. The van der Waals surface area contributed by atoms with Crippen LogP contribution in [0.1, 0.15) is 40.5 Å². The number of carbonyl (C=O) groups excluding carboxylic acids is 2. The normalized spacial score (nSPS) is 13.3. The second-order valence-electron chi connectivity index (χ2n) is 10.7. The first-order chi connectivity index (χ1) is 20.2. The third-order valence-electron chi connectivity index (χ3n) is 8.46. The van der Waals surface area contributed by atoms with Gasteiger partial charge in [0.1, 0.15) is 0 Å². The average Bonchev–Trinajstić information content (AvgIpc) is 3.62. The molecular weight excluding hydrogens is 506 g/mol.